The summed E-state index contributed by atoms with van der Waals surface area (Å²) < 4.78 is 4.49. The second-order valence-electron chi connectivity index (χ2n) is 3.38. The first-order valence-corrected chi connectivity index (χ1v) is 5.66. The fourth-order valence-corrected chi connectivity index (χ4v) is 1.21. The third-order valence-electron chi connectivity index (χ3n) is 1.55. The number of hydrogen-bond donors (Lipinski definition) is 1. The number of ether oxygens (including phenoxy) is 1. The molecule has 0 aromatic carbocycles. The van der Waals surface area contributed by atoms with Gasteiger partial charge in [-0.25, -0.2) is 0 Å². The molecule has 19 heavy (non-hydrogen) atoms. The molecule has 6 nitrogen and oxygen atoms in total. The number of H-pyrrole nitrogens is 1. The average Bonchev–Trinajstić information content (AvgIpc) is 2.14. The molecular weight excluding hydrogens is 279 g/mol. The van der Waals surface area contributed by atoms with E-state index in [9.17, 15) is 14.4 Å². The van der Waals surface area contributed by atoms with Gasteiger partial charge < -0.3 is 22.3 Å². The Hall–Kier alpha value is -0.760. The largest absolute Gasteiger partial charge is 1.00 e. The summed E-state index contributed by atoms with van der Waals surface area (Å²) in [5.41, 5.74) is 0.469. The molecule has 0 bridgehead atoms. The number of carbonyl (C=O) groups excluding carboxylic acids is 2. The van der Waals surface area contributed by atoms with E-state index in [0.29, 0.717) is 12.3 Å². The molecule has 0 aliphatic rings. The quantitative estimate of drug-likeness (QED) is 0.218. The Morgan fingerprint density at radius 3 is 2.42 bits per heavy atom. The zero-order valence-corrected chi connectivity index (χ0v) is 14.3. The third kappa shape index (κ3) is 12.0. The van der Waals surface area contributed by atoms with Crippen molar-refractivity contribution in [2.45, 2.75) is 32.3 Å². The number of ketones is 1. The van der Waals surface area contributed by atoms with Gasteiger partial charge in [-0.15, -0.1) is 0 Å². The summed E-state index contributed by atoms with van der Waals surface area (Å²) in [6.45, 7) is 5.13. The van der Waals surface area contributed by atoms with Crippen molar-refractivity contribution < 1.29 is 43.9 Å². The standard InChI is InChI=1S/C6H10O3.C5H6N2OS.Na/c1-3-9-6(8)4-5(2)7;1-3-2-4(8)7-5(9)6-3;/h3-4H2,1-2H3;2H,1H3,(H2,6,7,8,9);/q;;+1/p-1. The zero-order chi connectivity index (χ0) is 14.1. The molecule has 0 unspecified atom stereocenters. The predicted molar refractivity (Wildman–Crippen MR) is 67.2 cm³/mol. The molecule has 1 aromatic rings. The molecule has 0 saturated heterocycles. The summed E-state index contributed by atoms with van der Waals surface area (Å²) in [4.78, 5) is 37.3. The number of nitrogens with one attached hydrogen (secondary N) is 1. The first-order valence-electron chi connectivity index (χ1n) is 5.25. The first-order chi connectivity index (χ1) is 8.35. The number of aryl methyl sites for hydroxylation is 1. The molecule has 0 saturated carbocycles. The minimum Gasteiger partial charge on any atom is -0.742 e. The van der Waals surface area contributed by atoms with E-state index in [1.165, 1.54) is 13.0 Å². The van der Waals surface area contributed by atoms with Crippen LogP contribution in [0.4, 0.5) is 0 Å². The van der Waals surface area contributed by atoms with Gasteiger partial charge in [0.05, 0.1) is 6.61 Å². The normalized spacial score (nSPS) is 8.58. The van der Waals surface area contributed by atoms with E-state index in [4.69, 9.17) is 0 Å². The van der Waals surface area contributed by atoms with E-state index in [-0.39, 0.29) is 52.5 Å². The van der Waals surface area contributed by atoms with Gasteiger partial charge in [0.1, 0.15) is 12.2 Å². The van der Waals surface area contributed by atoms with Gasteiger partial charge in [-0.2, -0.15) is 0 Å². The van der Waals surface area contributed by atoms with Crippen molar-refractivity contribution in [2.24, 2.45) is 0 Å². The maximum Gasteiger partial charge on any atom is 1.00 e. The van der Waals surface area contributed by atoms with E-state index >= 15 is 0 Å². The monoisotopic (exact) mass is 294 g/mol. The number of esters is 1. The molecule has 1 aromatic heterocycles. The van der Waals surface area contributed by atoms with Crippen LogP contribution in [0.25, 0.3) is 0 Å². The number of carbonyl (C=O) groups is 2. The molecule has 100 valence electrons. The maximum absolute atomic E-state index is 10.5. The van der Waals surface area contributed by atoms with Crippen molar-refractivity contribution >= 4 is 24.4 Å². The number of rotatable bonds is 3. The summed E-state index contributed by atoms with van der Waals surface area (Å²) >= 11 is 4.62. The van der Waals surface area contributed by atoms with Crippen molar-refractivity contribution in [3.8, 4) is 0 Å². The van der Waals surface area contributed by atoms with Gasteiger partial charge >= 0.3 is 35.5 Å². The summed E-state index contributed by atoms with van der Waals surface area (Å²) in [6.07, 6.45) is -0.103. The SMILES string of the molecule is CCOC(=O)CC(C)=O.Cc1cc(=O)[nH]c([S-])n1.[Na+]. The van der Waals surface area contributed by atoms with Crippen LogP contribution in [0.15, 0.2) is 16.0 Å². The molecule has 0 atom stereocenters. The van der Waals surface area contributed by atoms with Crippen LogP contribution in [-0.2, 0) is 27.0 Å². The number of Topliss-reactive ketones (excluding diaryl/α,β-unsaturated/α-hetero) is 1. The zero-order valence-electron chi connectivity index (χ0n) is 11.5. The second kappa shape index (κ2) is 11.1. The van der Waals surface area contributed by atoms with Crippen molar-refractivity contribution in [1.82, 2.24) is 9.97 Å². The topological polar surface area (TPSA) is 89.1 Å². The first kappa shape index (κ1) is 20.6. The molecule has 0 amide bonds. The van der Waals surface area contributed by atoms with Gasteiger partial charge in [-0.05, 0) is 25.9 Å². The minimum absolute atomic E-state index is 0. The Bertz CT molecular complexity index is 453. The molecule has 0 spiro atoms. The van der Waals surface area contributed by atoms with E-state index in [0.717, 1.165) is 0 Å². The molecular formula is C11H15N2NaO4S. The Kier molecular flexibility index (Phi) is 12.0. The minimum atomic E-state index is -0.440. The Balaban J connectivity index is 0. The summed E-state index contributed by atoms with van der Waals surface area (Å²) in [5.74, 6) is -0.599. The molecule has 8 heteroatoms. The van der Waals surface area contributed by atoms with E-state index < -0.39 is 5.97 Å². The van der Waals surface area contributed by atoms with Crippen LogP contribution in [0, 0.1) is 6.92 Å². The molecule has 0 aliphatic heterocycles. The molecule has 0 aliphatic carbocycles. The summed E-state index contributed by atoms with van der Waals surface area (Å²) in [5, 5.41) is 0.250. The van der Waals surface area contributed by atoms with Gasteiger partial charge in [0.15, 0.2) is 0 Å². The van der Waals surface area contributed by atoms with Gasteiger partial charge in [0.25, 0.3) is 0 Å². The Morgan fingerprint density at radius 1 is 1.47 bits per heavy atom. The fourth-order valence-electron chi connectivity index (χ4n) is 0.967. The molecule has 1 N–H and O–H groups in total. The Labute approximate surface area is 139 Å². The average molecular weight is 294 g/mol. The van der Waals surface area contributed by atoms with Crippen LogP contribution in [0.5, 0.6) is 0 Å². The van der Waals surface area contributed by atoms with Crippen LogP contribution < -0.4 is 35.1 Å². The number of aromatic nitrogens is 2. The van der Waals surface area contributed by atoms with Crippen molar-refractivity contribution in [3.63, 3.8) is 0 Å². The second-order valence-corrected chi connectivity index (χ2v) is 3.76. The molecule has 1 rings (SSSR count). The number of aromatic amines is 1. The smallest absolute Gasteiger partial charge is 0.742 e. The van der Waals surface area contributed by atoms with Gasteiger partial charge in [-0.3, -0.25) is 19.4 Å². The van der Waals surface area contributed by atoms with E-state index in [1.807, 2.05) is 0 Å². The summed E-state index contributed by atoms with van der Waals surface area (Å²) in [7, 11) is 0. The Morgan fingerprint density at radius 2 is 2.05 bits per heavy atom. The van der Waals surface area contributed by atoms with Gasteiger partial charge in [-0.1, -0.05) is 0 Å². The van der Waals surface area contributed by atoms with E-state index in [1.54, 1.807) is 13.8 Å². The van der Waals surface area contributed by atoms with Gasteiger partial charge in [0, 0.05) is 11.8 Å². The number of nitrogens with zero attached hydrogens (tertiary/aromatic N) is 1. The van der Waals surface area contributed by atoms with Crippen LogP contribution in [-0.4, -0.2) is 28.3 Å². The van der Waals surface area contributed by atoms with Crippen molar-refractivity contribution in [2.75, 3.05) is 6.61 Å². The van der Waals surface area contributed by atoms with Crippen LogP contribution in [0.1, 0.15) is 26.0 Å². The predicted octanol–water partition coefficient (Wildman–Crippen LogP) is -2.48. The van der Waals surface area contributed by atoms with Crippen molar-refractivity contribution in [1.29, 1.82) is 0 Å². The van der Waals surface area contributed by atoms with Crippen molar-refractivity contribution in [3.05, 3.63) is 22.1 Å². The van der Waals surface area contributed by atoms with Gasteiger partial charge in [0.2, 0.25) is 5.56 Å². The molecule has 0 radical (unpaired) electrons. The van der Waals surface area contributed by atoms with Crippen LogP contribution >= 0.6 is 0 Å². The summed E-state index contributed by atoms with van der Waals surface area (Å²) in [6, 6.07) is 1.40. The number of hydrogen-bond acceptors (Lipinski definition) is 6. The fraction of sp³-hybridized carbons (Fsp3) is 0.455. The van der Waals surface area contributed by atoms with Crippen LogP contribution in [0.3, 0.4) is 0 Å². The molecule has 0 fully saturated rings. The van der Waals surface area contributed by atoms with E-state index in [2.05, 4.69) is 27.3 Å². The maximum atomic E-state index is 10.5. The molecule has 1 heterocycles. The third-order valence-corrected chi connectivity index (χ3v) is 1.74. The van der Waals surface area contributed by atoms with Crippen LogP contribution in [0.2, 0.25) is 0 Å².